The highest BCUT2D eigenvalue weighted by molar-refractivity contribution is 5.75. The summed E-state index contributed by atoms with van der Waals surface area (Å²) in [4.78, 5) is 11.3. The molecule has 0 spiro atoms. The molecule has 0 amide bonds. The number of nitrogen functional groups attached to an aromatic ring is 1. The van der Waals surface area contributed by atoms with Gasteiger partial charge in [0.2, 0.25) is 0 Å². The van der Waals surface area contributed by atoms with Gasteiger partial charge in [0.15, 0.2) is 6.10 Å². The number of hydrogen-bond acceptors (Lipinski definition) is 5. The topological polar surface area (TPSA) is 92.8 Å². The van der Waals surface area contributed by atoms with Crippen LogP contribution in [0.3, 0.4) is 0 Å². The number of anilines is 1. The van der Waals surface area contributed by atoms with Gasteiger partial charge >= 0.3 is 5.97 Å². The largest absolute Gasteiger partial charge is 0.464 e. The summed E-state index contributed by atoms with van der Waals surface area (Å²) in [5.41, 5.74) is 7.68. The quantitative estimate of drug-likeness (QED) is 0.533. The van der Waals surface area contributed by atoms with Crippen molar-refractivity contribution in [1.29, 1.82) is 0 Å². The van der Waals surface area contributed by atoms with Crippen LogP contribution in [0.1, 0.15) is 31.1 Å². The summed E-state index contributed by atoms with van der Waals surface area (Å²) in [5, 5.41) is 19.6. The Labute approximate surface area is 106 Å². The number of hydrogen-bond donors (Lipinski definition) is 3. The smallest absolute Gasteiger partial charge is 0.338 e. The van der Waals surface area contributed by atoms with Gasteiger partial charge in [0, 0.05) is 5.69 Å². The molecule has 0 fully saturated rings. The van der Waals surface area contributed by atoms with Gasteiger partial charge in [-0.05, 0) is 30.5 Å². The zero-order valence-electron chi connectivity index (χ0n) is 10.6. The van der Waals surface area contributed by atoms with Crippen molar-refractivity contribution in [2.45, 2.75) is 32.5 Å². The van der Waals surface area contributed by atoms with Crippen LogP contribution in [-0.2, 0) is 16.0 Å². The van der Waals surface area contributed by atoms with Crippen molar-refractivity contribution >= 4 is 11.7 Å². The number of aliphatic hydroxyl groups excluding tert-OH is 2. The van der Waals surface area contributed by atoms with Crippen molar-refractivity contribution in [1.82, 2.24) is 0 Å². The molecule has 5 nitrogen and oxygen atoms in total. The average molecular weight is 253 g/mol. The monoisotopic (exact) mass is 253 g/mol. The number of ether oxygens (including phenoxy) is 1. The Bertz CT molecular complexity index is 419. The second-order valence-corrected chi connectivity index (χ2v) is 3.95. The number of aryl methyl sites for hydroxylation is 1. The second-order valence-electron chi connectivity index (χ2n) is 3.95. The summed E-state index contributed by atoms with van der Waals surface area (Å²) < 4.78 is 4.65. The maximum Gasteiger partial charge on any atom is 0.338 e. The van der Waals surface area contributed by atoms with E-state index in [1.54, 1.807) is 25.1 Å². The average Bonchev–Trinajstić information content (AvgIpc) is 2.38. The van der Waals surface area contributed by atoms with Crippen LogP contribution < -0.4 is 5.73 Å². The van der Waals surface area contributed by atoms with Crippen molar-refractivity contribution in [2.24, 2.45) is 0 Å². The second kappa shape index (κ2) is 6.37. The van der Waals surface area contributed by atoms with Gasteiger partial charge < -0.3 is 20.7 Å². The van der Waals surface area contributed by atoms with E-state index in [1.807, 2.05) is 6.92 Å². The molecule has 1 rings (SSSR count). The zero-order valence-corrected chi connectivity index (χ0v) is 10.6. The standard InChI is InChI=1S/C13H19NO4/c1-3-8-7-9(5-6-10(8)14)11(15)12(16)13(17)18-4-2/h5-7,11-12,15-16H,3-4,14H2,1-2H3. The van der Waals surface area contributed by atoms with Crippen LogP contribution in [0.15, 0.2) is 18.2 Å². The third-order valence-electron chi connectivity index (χ3n) is 2.72. The van der Waals surface area contributed by atoms with E-state index in [-0.39, 0.29) is 6.61 Å². The first-order valence-corrected chi connectivity index (χ1v) is 5.92. The summed E-state index contributed by atoms with van der Waals surface area (Å²) in [7, 11) is 0. The lowest BCUT2D eigenvalue weighted by Gasteiger charge is -2.17. The van der Waals surface area contributed by atoms with Gasteiger partial charge in [0.1, 0.15) is 6.10 Å². The van der Waals surface area contributed by atoms with Crippen molar-refractivity contribution in [3.63, 3.8) is 0 Å². The molecule has 4 N–H and O–H groups in total. The molecule has 1 aromatic rings. The van der Waals surface area contributed by atoms with Crippen molar-refractivity contribution in [2.75, 3.05) is 12.3 Å². The van der Waals surface area contributed by atoms with E-state index in [1.165, 1.54) is 0 Å². The lowest BCUT2D eigenvalue weighted by atomic mass is 10.00. The number of nitrogens with two attached hydrogens (primary N) is 1. The fraction of sp³-hybridized carbons (Fsp3) is 0.462. The van der Waals surface area contributed by atoms with E-state index in [0.717, 1.165) is 5.56 Å². The highest BCUT2D eigenvalue weighted by Crippen LogP contribution is 2.22. The fourth-order valence-electron chi connectivity index (χ4n) is 1.65. The minimum Gasteiger partial charge on any atom is -0.464 e. The van der Waals surface area contributed by atoms with Crippen LogP contribution >= 0.6 is 0 Å². The molecule has 0 saturated heterocycles. The molecule has 0 aliphatic rings. The SMILES string of the molecule is CCOC(=O)C(O)C(O)c1ccc(N)c(CC)c1. The predicted octanol–water partition coefficient (Wildman–Crippen LogP) is 0.789. The molecule has 1 aromatic carbocycles. The van der Waals surface area contributed by atoms with Gasteiger partial charge in [-0.2, -0.15) is 0 Å². The number of benzene rings is 1. The molecule has 2 unspecified atom stereocenters. The maximum absolute atomic E-state index is 11.3. The summed E-state index contributed by atoms with van der Waals surface area (Å²) in [5.74, 6) is -0.833. The van der Waals surface area contributed by atoms with Gasteiger partial charge in [0.05, 0.1) is 6.61 Å². The van der Waals surface area contributed by atoms with Crippen LogP contribution in [0.4, 0.5) is 5.69 Å². The van der Waals surface area contributed by atoms with E-state index in [9.17, 15) is 15.0 Å². The van der Waals surface area contributed by atoms with Gasteiger partial charge in [-0.25, -0.2) is 4.79 Å². The lowest BCUT2D eigenvalue weighted by Crippen LogP contribution is -2.30. The number of esters is 1. The minimum atomic E-state index is -1.58. The van der Waals surface area contributed by atoms with Crippen LogP contribution in [0.25, 0.3) is 0 Å². The van der Waals surface area contributed by atoms with E-state index in [0.29, 0.717) is 17.7 Å². The molecule has 0 saturated carbocycles. The molecular formula is C13H19NO4. The number of carbonyl (C=O) groups is 1. The van der Waals surface area contributed by atoms with Crippen molar-refractivity contribution in [3.05, 3.63) is 29.3 Å². The molecule has 0 aromatic heterocycles. The Balaban J connectivity index is 2.89. The third-order valence-corrected chi connectivity index (χ3v) is 2.72. The third kappa shape index (κ3) is 3.21. The van der Waals surface area contributed by atoms with Crippen molar-refractivity contribution < 1.29 is 19.7 Å². The van der Waals surface area contributed by atoms with Gasteiger partial charge in [-0.1, -0.05) is 19.1 Å². The normalized spacial score (nSPS) is 14.0. The molecule has 0 heterocycles. The van der Waals surface area contributed by atoms with Crippen LogP contribution in [0.5, 0.6) is 0 Å². The van der Waals surface area contributed by atoms with Gasteiger partial charge in [0.25, 0.3) is 0 Å². The minimum absolute atomic E-state index is 0.157. The molecule has 18 heavy (non-hydrogen) atoms. The molecule has 0 aliphatic heterocycles. The Morgan fingerprint density at radius 1 is 1.39 bits per heavy atom. The van der Waals surface area contributed by atoms with E-state index in [4.69, 9.17) is 5.73 Å². The first-order chi connectivity index (χ1) is 8.51. The highest BCUT2D eigenvalue weighted by atomic mass is 16.5. The van der Waals surface area contributed by atoms with E-state index < -0.39 is 18.2 Å². The number of carbonyl (C=O) groups excluding carboxylic acids is 1. The predicted molar refractivity (Wildman–Crippen MR) is 67.8 cm³/mol. The van der Waals surface area contributed by atoms with E-state index in [2.05, 4.69) is 4.74 Å². The Morgan fingerprint density at radius 3 is 2.61 bits per heavy atom. The molecule has 0 aliphatic carbocycles. The fourth-order valence-corrected chi connectivity index (χ4v) is 1.65. The first kappa shape index (κ1) is 14.5. The first-order valence-electron chi connectivity index (χ1n) is 5.92. The molecule has 5 heteroatoms. The molecular weight excluding hydrogens is 234 g/mol. The van der Waals surface area contributed by atoms with Crippen molar-refractivity contribution in [3.8, 4) is 0 Å². The van der Waals surface area contributed by atoms with E-state index >= 15 is 0 Å². The summed E-state index contributed by atoms with van der Waals surface area (Å²) in [6, 6.07) is 4.92. The highest BCUT2D eigenvalue weighted by Gasteiger charge is 2.27. The lowest BCUT2D eigenvalue weighted by molar-refractivity contribution is -0.159. The van der Waals surface area contributed by atoms with Crippen LogP contribution in [0.2, 0.25) is 0 Å². The van der Waals surface area contributed by atoms with Gasteiger partial charge in [-0.3, -0.25) is 0 Å². The zero-order chi connectivity index (χ0) is 13.7. The van der Waals surface area contributed by atoms with Crippen LogP contribution in [-0.4, -0.2) is 28.9 Å². The molecule has 100 valence electrons. The Hall–Kier alpha value is -1.59. The Kier molecular flexibility index (Phi) is 5.12. The van der Waals surface area contributed by atoms with Crippen LogP contribution in [0, 0.1) is 0 Å². The summed E-state index contributed by atoms with van der Waals surface area (Å²) in [6.07, 6.45) is -2.18. The molecule has 2 atom stereocenters. The maximum atomic E-state index is 11.3. The summed E-state index contributed by atoms with van der Waals surface area (Å²) >= 11 is 0. The molecule has 0 radical (unpaired) electrons. The Morgan fingerprint density at radius 2 is 2.06 bits per heavy atom. The summed E-state index contributed by atoms with van der Waals surface area (Å²) in [6.45, 7) is 3.73. The molecule has 0 bridgehead atoms. The number of aliphatic hydroxyl groups is 2. The van der Waals surface area contributed by atoms with Gasteiger partial charge in [-0.15, -0.1) is 0 Å². The number of rotatable bonds is 5.